The zero-order chi connectivity index (χ0) is 30.7. The van der Waals surface area contributed by atoms with Gasteiger partial charge in [0, 0.05) is 36.2 Å². The van der Waals surface area contributed by atoms with Gasteiger partial charge in [-0.1, -0.05) is 84.9 Å². The standard InChI is InChI=1S/C37H38N2O5/c40-35(22-19-27-9-3-1-4-10-27)39(26-29-15-16-29)23-24-44-31-20-17-28(18-21-31)25-34(37(42)43)38-33-14-8-7-13-32(33)36(41)30-11-5-2-6-12-30/h1-14,17-18,20-21,29,34,38H,15-16,19,22-26H2,(H,42,43)/t34-/m0/s1. The van der Waals surface area contributed by atoms with Crippen LogP contribution in [0.4, 0.5) is 5.69 Å². The van der Waals surface area contributed by atoms with E-state index in [0.717, 1.165) is 24.1 Å². The highest BCUT2D eigenvalue weighted by Crippen LogP contribution is 2.30. The third kappa shape index (κ3) is 8.80. The minimum Gasteiger partial charge on any atom is -0.492 e. The Morgan fingerprint density at radius 3 is 2.16 bits per heavy atom. The van der Waals surface area contributed by atoms with Crippen molar-refractivity contribution in [1.82, 2.24) is 4.90 Å². The van der Waals surface area contributed by atoms with Gasteiger partial charge in [-0.3, -0.25) is 9.59 Å². The van der Waals surface area contributed by atoms with Crippen molar-refractivity contribution in [3.63, 3.8) is 0 Å². The van der Waals surface area contributed by atoms with E-state index in [-0.39, 0.29) is 18.1 Å². The second kappa shape index (κ2) is 15.0. The molecule has 1 saturated carbocycles. The van der Waals surface area contributed by atoms with Gasteiger partial charge in [-0.2, -0.15) is 0 Å². The largest absolute Gasteiger partial charge is 0.492 e. The lowest BCUT2D eigenvalue weighted by Crippen LogP contribution is -2.36. The third-order valence-electron chi connectivity index (χ3n) is 7.83. The molecule has 0 aliphatic heterocycles. The van der Waals surface area contributed by atoms with Gasteiger partial charge in [0.25, 0.3) is 0 Å². The molecule has 0 unspecified atom stereocenters. The number of benzene rings is 4. The summed E-state index contributed by atoms with van der Waals surface area (Å²) in [6.07, 6.45) is 3.77. The monoisotopic (exact) mass is 590 g/mol. The Labute approximate surface area is 258 Å². The zero-order valence-electron chi connectivity index (χ0n) is 24.7. The SMILES string of the molecule is O=C(c1ccccc1)c1ccccc1N[C@@H](Cc1ccc(OCCN(CC2CC2)C(=O)CCc2ccccc2)cc1)C(=O)O. The average molecular weight is 591 g/mol. The summed E-state index contributed by atoms with van der Waals surface area (Å²) in [6.45, 7) is 1.69. The van der Waals surface area contributed by atoms with Gasteiger partial charge in [-0.05, 0) is 60.6 Å². The molecule has 2 N–H and O–H groups in total. The second-order valence-electron chi connectivity index (χ2n) is 11.2. The van der Waals surface area contributed by atoms with Crippen LogP contribution in [0.1, 0.15) is 46.3 Å². The zero-order valence-corrected chi connectivity index (χ0v) is 24.7. The van der Waals surface area contributed by atoms with Crippen LogP contribution in [0.3, 0.4) is 0 Å². The summed E-state index contributed by atoms with van der Waals surface area (Å²) in [5, 5.41) is 13.0. The fourth-order valence-electron chi connectivity index (χ4n) is 5.15. The molecule has 1 aliphatic carbocycles. The summed E-state index contributed by atoms with van der Waals surface area (Å²) in [5.41, 5.74) is 3.41. The molecule has 226 valence electrons. The highest BCUT2D eigenvalue weighted by Gasteiger charge is 2.26. The molecule has 0 radical (unpaired) electrons. The molecule has 0 spiro atoms. The molecule has 1 amide bonds. The van der Waals surface area contributed by atoms with Crippen molar-refractivity contribution in [2.45, 2.75) is 38.1 Å². The maximum atomic E-state index is 13.1. The first kappa shape index (κ1) is 30.5. The average Bonchev–Trinajstić information content (AvgIpc) is 3.88. The Morgan fingerprint density at radius 2 is 1.48 bits per heavy atom. The van der Waals surface area contributed by atoms with Crippen LogP contribution in [0.2, 0.25) is 0 Å². The topological polar surface area (TPSA) is 95.9 Å². The number of carboxylic acids is 1. The number of para-hydroxylation sites is 1. The van der Waals surface area contributed by atoms with Crippen LogP contribution in [0, 0.1) is 5.92 Å². The van der Waals surface area contributed by atoms with E-state index in [9.17, 15) is 19.5 Å². The van der Waals surface area contributed by atoms with Crippen LogP contribution >= 0.6 is 0 Å². The van der Waals surface area contributed by atoms with Crippen LogP contribution < -0.4 is 10.1 Å². The first-order chi connectivity index (χ1) is 21.5. The summed E-state index contributed by atoms with van der Waals surface area (Å²) in [6, 6.07) is 32.4. The lowest BCUT2D eigenvalue weighted by Gasteiger charge is -2.23. The first-order valence-electron chi connectivity index (χ1n) is 15.2. The fraction of sp³-hybridized carbons (Fsp3) is 0.270. The number of aryl methyl sites for hydroxylation is 1. The van der Waals surface area contributed by atoms with Gasteiger partial charge < -0.3 is 20.1 Å². The third-order valence-corrected chi connectivity index (χ3v) is 7.83. The van der Waals surface area contributed by atoms with Crippen molar-refractivity contribution < 1.29 is 24.2 Å². The van der Waals surface area contributed by atoms with E-state index in [4.69, 9.17) is 4.74 Å². The Balaban J connectivity index is 1.15. The van der Waals surface area contributed by atoms with Gasteiger partial charge in [0.2, 0.25) is 5.91 Å². The van der Waals surface area contributed by atoms with E-state index in [1.807, 2.05) is 65.6 Å². The molecule has 44 heavy (non-hydrogen) atoms. The van der Waals surface area contributed by atoms with E-state index < -0.39 is 12.0 Å². The van der Waals surface area contributed by atoms with E-state index >= 15 is 0 Å². The minimum atomic E-state index is -1.01. The summed E-state index contributed by atoms with van der Waals surface area (Å²) in [5.74, 6) is 0.219. The summed E-state index contributed by atoms with van der Waals surface area (Å²) < 4.78 is 5.98. The molecule has 0 saturated heterocycles. The number of ether oxygens (including phenoxy) is 1. The maximum absolute atomic E-state index is 13.1. The van der Waals surface area contributed by atoms with E-state index in [1.54, 1.807) is 48.5 Å². The summed E-state index contributed by atoms with van der Waals surface area (Å²) in [4.78, 5) is 40.2. The number of rotatable bonds is 16. The number of carbonyl (C=O) groups is 3. The number of anilines is 1. The molecule has 0 aromatic heterocycles. The molecule has 1 fully saturated rings. The van der Waals surface area contributed by atoms with Crippen molar-refractivity contribution >= 4 is 23.3 Å². The quantitative estimate of drug-likeness (QED) is 0.149. The van der Waals surface area contributed by atoms with E-state index in [2.05, 4.69) is 5.32 Å². The fourth-order valence-corrected chi connectivity index (χ4v) is 5.15. The van der Waals surface area contributed by atoms with Gasteiger partial charge in [0.15, 0.2) is 5.78 Å². The molecular formula is C37H38N2O5. The number of hydrogen-bond acceptors (Lipinski definition) is 5. The van der Waals surface area contributed by atoms with Gasteiger partial charge in [0.1, 0.15) is 18.4 Å². The van der Waals surface area contributed by atoms with Crippen LogP contribution in [0.25, 0.3) is 0 Å². The molecule has 1 atom stereocenters. The Hall–Kier alpha value is -4.91. The van der Waals surface area contributed by atoms with E-state index in [1.165, 1.54) is 12.8 Å². The highest BCUT2D eigenvalue weighted by molar-refractivity contribution is 6.12. The number of aliphatic carboxylic acids is 1. The summed E-state index contributed by atoms with van der Waals surface area (Å²) in [7, 11) is 0. The molecule has 7 nitrogen and oxygen atoms in total. The molecule has 1 aliphatic rings. The Morgan fingerprint density at radius 1 is 0.818 bits per heavy atom. The van der Waals surface area contributed by atoms with Crippen molar-refractivity contribution in [3.8, 4) is 5.75 Å². The smallest absolute Gasteiger partial charge is 0.326 e. The van der Waals surface area contributed by atoms with Crippen LogP contribution in [0.5, 0.6) is 5.75 Å². The van der Waals surface area contributed by atoms with Crippen molar-refractivity contribution in [2.24, 2.45) is 5.92 Å². The van der Waals surface area contributed by atoms with Gasteiger partial charge in [-0.15, -0.1) is 0 Å². The van der Waals surface area contributed by atoms with Crippen LogP contribution in [-0.2, 0) is 22.4 Å². The molecule has 4 aromatic rings. The van der Waals surface area contributed by atoms with Crippen molar-refractivity contribution in [2.75, 3.05) is 25.0 Å². The predicted octanol–water partition coefficient (Wildman–Crippen LogP) is 6.28. The molecule has 0 heterocycles. The second-order valence-corrected chi connectivity index (χ2v) is 11.2. The minimum absolute atomic E-state index is 0.152. The molecule has 4 aromatic carbocycles. The number of carboxylic acid groups (broad SMARTS) is 1. The number of ketones is 1. The van der Waals surface area contributed by atoms with E-state index in [0.29, 0.717) is 48.1 Å². The normalized spacial score (nSPS) is 13.1. The molecule has 7 heteroatoms. The molecule has 5 rings (SSSR count). The molecular weight excluding hydrogens is 552 g/mol. The van der Waals surface area contributed by atoms with Gasteiger partial charge in [-0.25, -0.2) is 4.79 Å². The number of nitrogens with zero attached hydrogens (tertiary/aromatic N) is 1. The highest BCUT2D eigenvalue weighted by atomic mass is 16.5. The predicted molar refractivity (Wildman–Crippen MR) is 171 cm³/mol. The Kier molecular flexibility index (Phi) is 10.4. The van der Waals surface area contributed by atoms with Crippen LogP contribution in [-0.4, -0.2) is 53.4 Å². The number of carbonyl (C=O) groups excluding carboxylic acids is 2. The molecule has 0 bridgehead atoms. The van der Waals surface area contributed by atoms with Gasteiger partial charge >= 0.3 is 5.97 Å². The maximum Gasteiger partial charge on any atom is 0.326 e. The first-order valence-corrected chi connectivity index (χ1v) is 15.2. The lowest BCUT2D eigenvalue weighted by atomic mass is 10.00. The summed E-state index contributed by atoms with van der Waals surface area (Å²) >= 11 is 0. The van der Waals surface area contributed by atoms with Gasteiger partial charge in [0.05, 0.1) is 6.54 Å². The number of amides is 1. The Bertz CT molecular complexity index is 1540. The van der Waals surface area contributed by atoms with Crippen molar-refractivity contribution in [1.29, 1.82) is 0 Å². The van der Waals surface area contributed by atoms with Crippen LogP contribution in [0.15, 0.2) is 109 Å². The number of hydrogen-bond donors (Lipinski definition) is 2. The number of nitrogens with one attached hydrogen (secondary N) is 1. The lowest BCUT2D eigenvalue weighted by molar-refractivity contribution is -0.138. The van der Waals surface area contributed by atoms with Crippen molar-refractivity contribution in [3.05, 3.63) is 131 Å².